The number of fused-ring (bicyclic) bond motifs is 1. The normalized spacial score (nSPS) is 19.3. The molecule has 4 atom stereocenters. The number of carboxylic acids is 1. The van der Waals surface area contributed by atoms with Crippen molar-refractivity contribution in [2.45, 2.75) is 58.3 Å². The third-order valence-electron chi connectivity index (χ3n) is 5.36. The van der Waals surface area contributed by atoms with Gasteiger partial charge in [0.25, 0.3) is 0 Å². The third-order valence-corrected chi connectivity index (χ3v) is 5.36. The highest BCUT2D eigenvalue weighted by Crippen LogP contribution is 2.36. The minimum atomic E-state index is -0.974. The molecule has 1 heterocycles. The van der Waals surface area contributed by atoms with Crippen LogP contribution >= 0.6 is 0 Å². The summed E-state index contributed by atoms with van der Waals surface area (Å²) in [7, 11) is 1.44. The topological polar surface area (TPSA) is 135 Å². The van der Waals surface area contributed by atoms with Crippen LogP contribution in [0.15, 0.2) is 29.4 Å². The number of nitrogens with two attached hydrogens (primary N) is 1. The van der Waals surface area contributed by atoms with Gasteiger partial charge < -0.3 is 30.4 Å². The second kappa shape index (κ2) is 10.6. The van der Waals surface area contributed by atoms with E-state index in [1.807, 2.05) is 32.0 Å². The van der Waals surface area contributed by atoms with Gasteiger partial charge in [0.05, 0.1) is 30.5 Å². The summed E-state index contributed by atoms with van der Waals surface area (Å²) >= 11 is 0. The van der Waals surface area contributed by atoms with Crippen molar-refractivity contribution in [1.29, 1.82) is 0 Å². The molecule has 0 radical (unpaired) electrons. The number of hydrogen-bond acceptors (Lipinski definition) is 7. The number of carbonyl (C=O) groups excluding carboxylic acids is 1. The van der Waals surface area contributed by atoms with Crippen LogP contribution in [0.3, 0.4) is 0 Å². The lowest BCUT2D eigenvalue weighted by molar-refractivity contribution is -0.142. The number of para-hydroxylation sites is 2. The highest BCUT2D eigenvalue weighted by molar-refractivity contribution is 5.96. The number of anilines is 1. The predicted octanol–water partition coefficient (Wildman–Crippen LogP) is 2.02. The number of benzene rings is 1. The van der Waals surface area contributed by atoms with Crippen LogP contribution in [0.2, 0.25) is 0 Å². The van der Waals surface area contributed by atoms with E-state index in [0.717, 1.165) is 0 Å². The minimum absolute atomic E-state index is 0.0673. The van der Waals surface area contributed by atoms with Crippen LogP contribution in [0.25, 0.3) is 0 Å². The number of oxime groups is 1. The molecular weight excluding hydrogens is 402 g/mol. The van der Waals surface area contributed by atoms with Crippen LogP contribution < -0.4 is 15.4 Å². The van der Waals surface area contributed by atoms with Gasteiger partial charge in [-0.05, 0) is 30.4 Å². The van der Waals surface area contributed by atoms with E-state index in [2.05, 4.69) is 5.16 Å². The van der Waals surface area contributed by atoms with E-state index in [9.17, 15) is 14.7 Å². The number of aliphatic carboxylic acids is 1. The Hall–Kier alpha value is -2.65. The molecule has 1 aromatic carbocycles. The summed E-state index contributed by atoms with van der Waals surface area (Å²) in [5.41, 5.74) is 6.32. The summed E-state index contributed by atoms with van der Waals surface area (Å²) in [4.78, 5) is 30.7. The van der Waals surface area contributed by atoms with Gasteiger partial charge in [-0.25, -0.2) is 0 Å². The number of aliphatic hydroxyl groups excluding tert-OH is 1. The molecule has 0 unspecified atom stereocenters. The van der Waals surface area contributed by atoms with E-state index >= 15 is 0 Å². The SMILES string of the molecule is CON=C[C@H]1CN(C(=O)CC(C)(C)C[C@H](N)[C@@H](O)C[C@@H](C)C(=O)O)c2ccccc2O1. The fraction of sp³-hybridized carbons (Fsp3) is 0.591. The quantitative estimate of drug-likeness (QED) is 0.378. The Morgan fingerprint density at radius 3 is 2.74 bits per heavy atom. The average Bonchev–Trinajstić information content (AvgIpc) is 2.70. The van der Waals surface area contributed by atoms with Gasteiger partial charge in [0.1, 0.15) is 12.9 Å². The van der Waals surface area contributed by atoms with Gasteiger partial charge in [0.15, 0.2) is 6.10 Å². The number of carboxylic acid groups (broad SMARTS) is 1. The molecule has 0 bridgehead atoms. The van der Waals surface area contributed by atoms with Crippen molar-refractivity contribution in [2.75, 3.05) is 18.6 Å². The Bertz CT molecular complexity index is 797. The molecule has 1 aromatic rings. The summed E-state index contributed by atoms with van der Waals surface area (Å²) in [6.07, 6.45) is 0.745. The van der Waals surface area contributed by atoms with E-state index < -0.39 is 35.6 Å². The van der Waals surface area contributed by atoms with E-state index in [4.69, 9.17) is 20.4 Å². The molecule has 31 heavy (non-hydrogen) atoms. The minimum Gasteiger partial charge on any atom is -0.481 e. The van der Waals surface area contributed by atoms with Gasteiger partial charge in [-0.3, -0.25) is 9.59 Å². The monoisotopic (exact) mass is 435 g/mol. The average molecular weight is 436 g/mol. The van der Waals surface area contributed by atoms with Gasteiger partial charge in [-0.2, -0.15) is 0 Å². The standard InChI is InChI=1S/C22H33N3O6/c1-14(21(28)29)9-18(26)16(23)10-22(2,3)11-20(27)25-13-15(12-24-30-4)31-19-8-6-5-7-17(19)25/h5-8,12,14-16,18,26H,9-11,13,23H2,1-4H3,(H,28,29)/t14-,15+,16+,18+/m1/s1. The summed E-state index contributed by atoms with van der Waals surface area (Å²) in [5, 5.41) is 23.1. The Morgan fingerprint density at radius 2 is 2.10 bits per heavy atom. The molecule has 0 aliphatic carbocycles. The first-order valence-corrected chi connectivity index (χ1v) is 10.3. The van der Waals surface area contributed by atoms with Crippen molar-refractivity contribution in [2.24, 2.45) is 22.2 Å². The number of amides is 1. The molecule has 0 saturated carbocycles. The Morgan fingerprint density at radius 1 is 1.42 bits per heavy atom. The zero-order valence-electron chi connectivity index (χ0n) is 18.5. The number of carbonyl (C=O) groups is 2. The van der Waals surface area contributed by atoms with Gasteiger partial charge >= 0.3 is 5.97 Å². The molecule has 4 N–H and O–H groups in total. The Kier molecular flexibility index (Phi) is 8.41. The van der Waals surface area contributed by atoms with Gasteiger partial charge in [0.2, 0.25) is 5.91 Å². The van der Waals surface area contributed by atoms with Crippen LogP contribution in [-0.4, -0.2) is 60.2 Å². The highest BCUT2D eigenvalue weighted by Gasteiger charge is 2.34. The lowest BCUT2D eigenvalue weighted by Crippen LogP contribution is -2.46. The third kappa shape index (κ3) is 6.93. The number of rotatable bonds is 10. The fourth-order valence-electron chi connectivity index (χ4n) is 3.69. The largest absolute Gasteiger partial charge is 0.481 e. The maximum Gasteiger partial charge on any atom is 0.306 e. The number of nitrogens with zero attached hydrogens (tertiary/aromatic N) is 2. The van der Waals surface area contributed by atoms with E-state index in [0.29, 0.717) is 24.4 Å². The van der Waals surface area contributed by atoms with Crippen LogP contribution in [0.1, 0.15) is 40.0 Å². The van der Waals surface area contributed by atoms with E-state index in [-0.39, 0.29) is 18.7 Å². The number of hydrogen-bond donors (Lipinski definition) is 3. The molecule has 172 valence electrons. The number of ether oxygens (including phenoxy) is 1. The zero-order chi connectivity index (χ0) is 23.2. The van der Waals surface area contributed by atoms with Crippen LogP contribution in [0.5, 0.6) is 5.75 Å². The van der Waals surface area contributed by atoms with E-state index in [1.54, 1.807) is 11.0 Å². The maximum atomic E-state index is 13.2. The number of aliphatic hydroxyl groups is 1. The van der Waals surface area contributed by atoms with Crippen molar-refractivity contribution >= 4 is 23.8 Å². The molecule has 1 aliphatic heterocycles. The second-order valence-corrected chi connectivity index (χ2v) is 8.82. The van der Waals surface area contributed by atoms with Gasteiger partial charge in [0, 0.05) is 12.5 Å². The summed E-state index contributed by atoms with van der Waals surface area (Å²) < 4.78 is 5.87. The van der Waals surface area contributed by atoms with E-state index in [1.165, 1.54) is 20.2 Å². The molecule has 0 aromatic heterocycles. The molecule has 0 fully saturated rings. The lowest BCUT2D eigenvalue weighted by atomic mass is 9.80. The smallest absolute Gasteiger partial charge is 0.306 e. The van der Waals surface area contributed by atoms with Gasteiger partial charge in [-0.15, -0.1) is 0 Å². The van der Waals surface area contributed by atoms with Gasteiger partial charge in [-0.1, -0.05) is 38.1 Å². The first-order chi connectivity index (χ1) is 14.5. The van der Waals surface area contributed by atoms with Crippen LogP contribution in [0.4, 0.5) is 5.69 Å². The molecule has 1 aliphatic rings. The second-order valence-electron chi connectivity index (χ2n) is 8.82. The summed E-state index contributed by atoms with van der Waals surface area (Å²) in [6, 6.07) is 6.66. The fourth-order valence-corrected chi connectivity index (χ4v) is 3.69. The Labute approximate surface area is 182 Å². The Balaban J connectivity index is 2.07. The zero-order valence-corrected chi connectivity index (χ0v) is 18.5. The first kappa shape index (κ1) is 24.6. The van der Waals surface area contributed by atoms with Crippen molar-refractivity contribution < 1.29 is 29.4 Å². The van der Waals surface area contributed by atoms with Crippen LogP contribution in [-0.2, 0) is 14.4 Å². The maximum absolute atomic E-state index is 13.2. The van der Waals surface area contributed by atoms with Crippen molar-refractivity contribution in [1.82, 2.24) is 0 Å². The molecule has 2 rings (SSSR count). The molecule has 9 heteroatoms. The predicted molar refractivity (Wildman–Crippen MR) is 117 cm³/mol. The summed E-state index contributed by atoms with van der Waals surface area (Å²) in [5.74, 6) is -1.18. The molecule has 0 spiro atoms. The molecular formula is C22H33N3O6. The van der Waals surface area contributed by atoms with Crippen molar-refractivity contribution in [3.63, 3.8) is 0 Å². The molecule has 1 amide bonds. The van der Waals surface area contributed by atoms with Crippen molar-refractivity contribution in [3.8, 4) is 5.75 Å². The van der Waals surface area contributed by atoms with Crippen molar-refractivity contribution in [3.05, 3.63) is 24.3 Å². The highest BCUT2D eigenvalue weighted by atomic mass is 16.6. The first-order valence-electron chi connectivity index (χ1n) is 10.3. The molecule has 9 nitrogen and oxygen atoms in total. The lowest BCUT2D eigenvalue weighted by Gasteiger charge is -2.36. The summed E-state index contributed by atoms with van der Waals surface area (Å²) in [6.45, 7) is 5.65. The van der Waals surface area contributed by atoms with Crippen LogP contribution in [0, 0.1) is 11.3 Å². The molecule has 0 saturated heterocycles.